The maximum Gasteiger partial charge on any atom is 0.310 e. The van der Waals surface area contributed by atoms with Crippen molar-refractivity contribution in [3.63, 3.8) is 0 Å². The largest absolute Gasteiger partial charge is 0.493 e. The predicted octanol–water partition coefficient (Wildman–Crippen LogP) is 3.14. The van der Waals surface area contributed by atoms with Gasteiger partial charge >= 0.3 is 23.9 Å². The Labute approximate surface area is 208 Å². The van der Waals surface area contributed by atoms with Gasteiger partial charge in [0.15, 0.2) is 23.0 Å². The first-order chi connectivity index (χ1) is 17.1. The molecule has 0 heterocycles. The van der Waals surface area contributed by atoms with E-state index in [1.165, 1.54) is 42.3 Å². The molecule has 2 aromatic rings. The molecule has 2 aromatic carbocycles. The average molecular weight is 501 g/mol. The lowest BCUT2D eigenvalue weighted by molar-refractivity contribution is -0.147. The number of esters is 4. The molecule has 0 spiro atoms. The molecule has 0 fully saturated rings. The predicted molar refractivity (Wildman–Crippen MR) is 125 cm³/mol. The lowest BCUT2D eigenvalue weighted by Gasteiger charge is -2.24. The van der Waals surface area contributed by atoms with Crippen molar-refractivity contribution >= 4 is 23.9 Å². The van der Waals surface area contributed by atoms with Gasteiger partial charge in [-0.3, -0.25) is 19.2 Å². The van der Waals surface area contributed by atoms with E-state index in [9.17, 15) is 19.2 Å². The summed E-state index contributed by atoms with van der Waals surface area (Å²) in [6, 6.07) is 8.19. The van der Waals surface area contributed by atoms with Crippen molar-refractivity contribution in [2.45, 2.75) is 32.1 Å². The quantitative estimate of drug-likeness (QED) is 0.394. The maximum atomic E-state index is 13.1. The minimum Gasteiger partial charge on any atom is -0.493 e. The number of ether oxygens (including phenoxy) is 6. The monoisotopic (exact) mass is 500 g/mol. The summed E-state index contributed by atoms with van der Waals surface area (Å²) in [7, 11) is 5.39. The maximum absolute atomic E-state index is 13.1. The van der Waals surface area contributed by atoms with Crippen molar-refractivity contribution in [2.24, 2.45) is 5.92 Å². The van der Waals surface area contributed by atoms with Crippen LogP contribution in [-0.4, -0.2) is 52.3 Å². The molecule has 0 radical (unpaired) electrons. The van der Waals surface area contributed by atoms with Gasteiger partial charge in [-0.15, -0.1) is 0 Å². The van der Waals surface area contributed by atoms with Crippen molar-refractivity contribution in [3.05, 3.63) is 47.0 Å². The molecular formula is C26H28O10. The summed E-state index contributed by atoms with van der Waals surface area (Å²) in [6.07, 6.45) is -0.0987. The van der Waals surface area contributed by atoms with Crippen LogP contribution in [0.15, 0.2) is 30.3 Å². The van der Waals surface area contributed by atoms with E-state index in [4.69, 9.17) is 28.4 Å². The summed E-state index contributed by atoms with van der Waals surface area (Å²) in [6.45, 7) is 2.54. The minimum atomic E-state index is -0.828. The Bertz CT molecular complexity index is 1190. The highest BCUT2D eigenvalue weighted by Crippen LogP contribution is 2.55. The molecule has 1 aliphatic carbocycles. The standard InChI is InChI=1S/C26H28O10/c1-13(27)35-19-8-7-15(9-20(19)31-3)24-17-11-22(36-14(2)28)21(32-4)10-16(17)18(12-23(29)33-5)25(24)26(30)34-6/h7-11,18,24-25H,12H2,1-6H3/t18-,24-,25-/m1/s1. The normalized spacial score (nSPS) is 18.0. The average Bonchev–Trinajstić information content (AvgIpc) is 3.15. The molecule has 192 valence electrons. The van der Waals surface area contributed by atoms with Crippen molar-refractivity contribution in [2.75, 3.05) is 28.4 Å². The molecule has 0 saturated carbocycles. The molecule has 3 atom stereocenters. The van der Waals surface area contributed by atoms with Crippen LogP contribution in [0.1, 0.15) is 48.8 Å². The summed E-state index contributed by atoms with van der Waals surface area (Å²) >= 11 is 0. The Balaban J connectivity index is 2.27. The SMILES string of the molecule is COC(=O)C[C@@H]1c2cc(OC)c(OC(C)=O)cc2[C@@H](c2ccc(OC(C)=O)c(OC)c2)[C@@H]1C(=O)OC. The summed E-state index contributed by atoms with van der Waals surface area (Å²) in [4.78, 5) is 48.7. The van der Waals surface area contributed by atoms with Gasteiger partial charge < -0.3 is 28.4 Å². The van der Waals surface area contributed by atoms with E-state index in [1.807, 2.05) is 0 Å². The van der Waals surface area contributed by atoms with Gasteiger partial charge in [0.05, 0.1) is 40.8 Å². The first kappa shape index (κ1) is 26.5. The highest BCUT2D eigenvalue weighted by molar-refractivity contribution is 5.82. The van der Waals surface area contributed by atoms with Crippen LogP contribution < -0.4 is 18.9 Å². The molecule has 0 aliphatic heterocycles. The topological polar surface area (TPSA) is 124 Å². The Morgan fingerprint density at radius 3 is 1.86 bits per heavy atom. The van der Waals surface area contributed by atoms with Crippen LogP contribution in [-0.2, 0) is 28.7 Å². The van der Waals surface area contributed by atoms with Gasteiger partial charge in [-0.2, -0.15) is 0 Å². The lowest BCUT2D eigenvalue weighted by Crippen LogP contribution is -2.26. The third-order valence-corrected chi connectivity index (χ3v) is 6.04. The van der Waals surface area contributed by atoms with Gasteiger partial charge in [-0.05, 0) is 41.0 Å². The Hall–Kier alpha value is -4.08. The number of carbonyl (C=O) groups excluding carboxylic acids is 4. The Morgan fingerprint density at radius 2 is 1.31 bits per heavy atom. The zero-order valence-electron chi connectivity index (χ0n) is 20.9. The van der Waals surface area contributed by atoms with Gasteiger partial charge in [0.1, 0.15) is 0 Å². The van der Waals surface area contributed by atoms with E-state index >= 15 is 0 Å². The summed E-state index contributed by atoms with van der Waals surface area (Å²) in [5.74, 6) is -3.27. The molecule has 0 aromatic heterocycles. The van der Waals surface area contributed by atoms with E-state index in [1.54, 1.807) is 30.3 Å². The highest BCUT2D eigenvalue weighted by atomic mass is 16.6. The van der Waals surface area contributed by atoms with Crippen LogP contribution in [0.25, 0.3) is 0 Å². The van der Waals surface area contributed by atoms with E-state index < -0.39 is 41.6 Å². The molecule has 0 unspecified atom stereocenters. The first-order valence-corrected chi connectivity index (χ1v) is 11.1. The van der Waals surface area contributed by atoms with Crippen molar-refractivity contribution in [1.82, 2.24) is 0 Å². The molecule has 36 heavy (non-hydrogen) atoms. The fourth-order valence-corrected chi connectivity index (χ4v) is 4.64. The second kappa shape index (κ2) is 11.1. The number of benzene rings is 2. The number of hydrogen-bond donors (Lipinski definition) is 0. The molecular weight excluding hydrogens is 472 g/mol. The third kappa shape index (κ3) is 5.27. The van der Waals surface area contributed by atoms with Crippen LogP contribution >= 0.6 is 0 Å². The second-order valence-corrected chi connectivity index (χ2v) is 8.14. The van der Waals surface area contributed by atoms with Crippen LogP contribution in [0, 0.1) is 5.92 Å². The number of methoxy groups -OCH3 is 4. The second-order valence-electron chi connectivity index (χ2n) is 8.14. The zero-order chi connectivity index (χ0) is 26.6. The van der Waals surface area contributed by atoms with Gasteiger partial charge in [-0.25, -0.2) is 0 Å². The van der Waals surface area contributed by atoms with E-state index in [0.717, 1.165) is 0 Å². The van der Waals surface area contributed by atoms with Crippen LogP contribution in [0.4, 0.5) is 0 Å². The van der Waals surface area contributed by atoms with Gasteiger partial charge in [0.2, 0.25) is 0 Å². The van der Waals surface area contributed by atoms with Crippen LogP contribution in [0.3, 0.4) is 0 Å². The summed E-state index contributed by atoms with van der Waals surface area (Å²) in [5.41, 5.74) is 1.92. The molecule has 0 N–H and O–H groups in total. The third-order valence-electron chi connectivity index (χ3n) is 6.04. The molecule has 0 saturated heterocycles. The van der Waals surface area contributed by atoms with Crippen LogP contribution in [0.5, 0.6) is 23.0 Å². The number of hydrogen-bond acceptors (Lipinski definition) is 10. The van der Waals surface area contributed by atoms with E-state index in [0.29, 0.717) is 16.7 Å². The Kier molecular flexibility index (Phi) is 8.18. The van der Waals surface area contributed by atoms with Gasteiger partial charge in [0.25, 0.3) is 0 Å². The van der Waals surface area contributed by atoms with Crippen molar-refractivity contribution in [1.29, 1.82) is 0 Å². The van der Waals surface area contributed by atoms with Gasteiger partial charge in [0, 0.05) is 25.7 Å². The zero-order valence-corrected chi connectivity index (χ0v) is 20.9. The molecule has 10 nitrogen and oxygen atoms in total. The Morgan fingerprint density at radius 1 is 0.722 bits per heavy atom. The fourth-order valence-electron chi connectivity index (χ4n) is 4.64. The number of rotatable bonds is 8. The van der Waals surface area contributed by atoms with E-state index in [2.05, 4.69) is 0 Å². The molecule has 3 rings (SSSR count). The fraction of sp³-hybridized carbons (Fsp3) is 0.385. The molecule has 1 aliphatic rings. The van der Waals surface area contributed by atoms with Crippen LogP contribution in [0.2, 0.25) is 0 Å². The van der Waals surface area contributed by atoms with Crippen molar-refractivity contribution in [3.8, 4) is 23.0 Å². The lowest BCUT2D eigenvalue weighted by atomic mass is 9.81. The van der Waals surface area contributed by atoms with E-state index in [-0.39, 0.29) is 29.4 Å². The summed E-state index contributed by atoms with van der Waals surface area (Å²) < 4.78 is 31.4. The highest BCUT2D eigenvalue weighted by Gasteiger charge is 2.48. The first-order valence-electron chi connectivity index (χ1n) is 11.1. The number of carbonyl (C=O) groups is 4. The van der Waals surface area contributed by atoms with Crippen molar-refractivity contribution < 1.29 is 47.6 Å². The molecule has 0 bridgehead atoms. The number of fused-ring (bicyclic) bond motifs is 1. The molecule has 10 heteroatoms. The van der Waals surface area contributed by atoms with Gasteiger partial charge in [-0.1, -0.05) is 6.07 Å². The smallest absolute Gasteiger partial charge is 0.310 e. The minimum absolute atomic E-state index is 0.0987. The molecule has 0 amide bonds. The summed E-state index contributed by atoms with van der Waals surface area (Å²) in [5, 5.41) is 0.